The van der Waals surface area contributed by atoms with E-state index in [0.717, 1.165) is 27.6 Å². The van der Waals surface area contributed by atoms with Gasteiger partial charge in [0.15, 0.2) is 5.82 Å². The molecule has 6 nitrogen and oxygen atoms in total. The minimum atomic E-state index is -0.919. The smallest absolute Gasteiger partial charge is 0.184 e. The van der Waals surface area contributed by atoms with Crippen LogP contribution in [0.25, 0.3) is 34.4 Å². The summed E-state index contributed by atoms with van der Waals surface area (Å²) in [5.74, 6) is 0.476. The van der Waals surface area contributed by atoms with E-state index >= 15 is 4.39 Å². The number of rotatable bonds is 7. The zero-order valence-corrected chi connectivity index (χ0v) is 23.4. The number of benzene rings is 4. The predicted molar refractivity (Wildman–Crippen MR) is 168 cm³/mol. The molecule has 0 atom stereocenters. The first-order chi connectivity index (χ1) is 21.1. The fourth-order valence-corrected chi connectivity index (χ4v) is 5.73. The molecule has 0 spiro atoms. The molecule has 4 aromatic carbocycles. The Kier molecular flexibility index (Phi) is 6.68. The molecule has 0 unspecified atom stereocenters. The third kappa shape index (κ3) is 4.61. The first kappa shape index (κ1) is 26.2. The first-order valence-corrected chi connectivity index (χ1v) is 14.0. The van der Waals surface area contributed by atoms with E-state index in [1.54, 1.807) is 31.5 Å². The number of aromatic amines is 1. The largest absolute Gasteiger partial charge is 0.264 e. The van der Waals surface area contributed by atoms with Crippen LogP contribution in [0.15, 0.2) is 128 Å². The van der Waals surface area contributed by atoms with E-state index in [1.165, 1.54) is 0 Å². The number of nitrogens with zero attached hydrogens (tertiary/aromatic N) is 5. The van der Waals surface area contributed by atoms with Crippen LogP contribution >= 0.6 is 0 Å². The first-order valence-electron chi connectivity index (χ1n) is 14.0. The third-order valence-electron chi connectivity index (χ3n) is 7.65. The van der Waals surface area contributed by atoms with Gasteiger partial charge in [-0.3, -0.25) is 10.1 Å². The fraction of sp³-hybridized carbons (Fsp3) is 0.0556. The highest BCUT2D eigenvalue weighted by atomic mass is 19.1. The van der Waals surface area contributed by atoms with Gasteiger partial charge in [0.05, 0.1) is 16.8 Å². The summed E-state index contributed by atoms with van der Waals surface area (Å²) in [5, 5.41) is 13.1. The molecule has 1 N–H and O–H groups in total. The molecule has 0 radical (unpaired) electrons. The molecule has 0 aliphatic heterocycles. The molecule has 0 amide bonds. The molecule has 3 heterocycles. The van der Waals surface area contributed by atoms with Gasteiger partial charge in [0.25, 0.3) is 0 Å². The molecule has 43 heavy (non-hydrogen) atoms. The lowest BCUT2D eigenvalue weighted by Gasteiger charge is -2.37. The van der Waals surface area contributed by atoms with E-state index < -0.39 is 11.4 Å². The van der Waals surface area contributed by atoms with Crippen molar-refractivity contribution in [2.45, 2.75) is 12.5 Å². The van der Waals surface area contributed by atoms with Gasteiger partial charge in [-0.25, -0.2) is 14.1 Å². The number of aromatic nitrogens is 6. The van der Waals surface area contributed by atoms with Gasteiger partial charge in [0, 0.05) is 23.8 Å². The summed E-state index contributed by atoms with van der Waals surface area (Å²) in [6.45, 7) is 1.79. The van der Waals surface area contributed by atoms with E-state index in [-0.39, 0.29) is 0 Å². The number of hydrogen-bond donors (Lipinski definition) is 1. The zero-order chi connectivity index (χ0) is 29.2. The molecule has 0 saturated heterocycles. The standard InChI is InChI=1S/C36H27FN6/c1-25-39-35(41-40-25)30-22-31-33(20-19-26-12-11-21-38-24-26)42-43(34(31)23-32(30)37)36(27-13-5-2-6-14-27,28-15-7-3-8-16-28)29-17-9-4-10-18-29/h2-24H,1H3,(H,39,40,41). The van der Waals surface area contributed by atoms with Crippen molar-refractivity contribution in [3.63, 3.8) is 0 Å². The van der Waals surface area contributed by atoms with E-state index in [2.05, 4.69) is 56.6 Å². The molecule has 0 aliphatic rings. The Balaban J connectivity index is 1.59. The number of hydrogen-bond acceptors (Lipinski definition) is 4. The van der Waals surface area contributed by atoms with Crippen LogP contribution in [0.3, 0.4) is 0 Å². The highest BCUT2D eigenvalue weighted by molar-refractivity contribution is 5.93. The van der Waals surface area contributed by atoms with Crippen molar-refractivity contribution in [1.29, 1.82) is 0 Å². The minimum absolute atomic E-state index is 0.298. The van der Waals surface area contributed by atoms with Crippen molar-refractivity contribution in [2.24, 2.45) is 0 Å². The van der Waals surface area contributed by atoms with Crippen LogP contribution in [0.2, 0.25) is 0 Å². The van der Waals surface area contributed by atoms with Crippen molar-refractivity contribution in [1.82, 2.24) is 29.9 Å². The van der Waals surface area contributed by atoms with Crippen molar-refractivity contribution >= 4 is 23.1 Å². The van der Waals surface area contributed by atoms with Crippen molar-refractivity contribution in [2.75, 3.05) is 0 Å². The van der Waals surface area contributed by atoms with Crippen LogP contribution in [0, 0.1) is 12.7 Å². The minimum Gasteiger partial charge on any atom is -0.264 e. The summed E-state index contributed by atoms with van der Waals surface area (Å²) in [4.78, 5) is 8.65. The lowest BCUT2D eigenvalue weighted by atomic mass is 9.77. The van der Waals surface area contributed by atoms with Gasteiger partial charge in [-0.05, 0) is 47.4 Å². The predicted octanol–water partition coefficient (Wildman–Crippen LogP) is 7.67. The van der Waals surface area contributed by atoms with Crippen molar-refractivity contribution < 1.29 is 4.39 Å². The topological polar surface area (TPSA) is 72.3 Å². The average Bonchev–Trinajstić information content (AvgIpc) is 3.65. The van der Waals surface area contributed by atoms with Gasteiger partial charge < -0.3 is 0 Å². The maximum absolute atomic E-state index is 16.1. The molecule has 0 fully saturated rings. The number of H-pyrrole nitrogens is 1. The lowest BCUT2D eigenvalue weighted by molar-refractivity contribution is 0.474. The molecule has 0 saturated carbocycles. The SMILES string of the molecule is Cc1nc(-c2cc3c(C=Cc4cccnc4)nn(C(c4ccccc4)(c4ccccc4)c4ccccc4)c3cc2F)n[nH]1. The lowest BCUT2D eigenvalue weighted by Crippen LogP contribution is -2.38. The van der Waals surface area contributed by atoms with Gasteiger partial charge in [-0.1, -0.05) is 103 Å². The third-order valence-corrected chi connectivity index (χ3v) is 7.65. The summed E-state index contributed by atoms with van der Waals surface area (Å²) in [7, 11) is 0. The molecular formula is C36H27FN6. The summed E-state index contributed by atoms with van der Waals surface area (Å²) in [5.41, 5.74) is 4.61. The van der Waals surface area contributed by atoms with Crippen LogP contribution in [0.5, 0.6) is 0 Å². The Morgan fingerprint density at radius 1 is 0.767 bits per heavy atom. The normalized spacial score (nSPS) is 11.9. The second-order valence-corrected chi connectivity index (χ2v) is 10.3. The van der Waals surface area contributed by atoms with E-state index in [0.29, 0.717) is 28.4 Å². The summed E-state index contributed by atoms with van der Waals surface area (Å²) in [6.07, 6.45) is 7.45. The van der Waals surface area contributed by atoms with E-state index in [9.17, 15) is 0 Å². The van der Waals surface area contributed by atoms with Crippen LogP contribution in [-0.4, -0.2) is 29.9 Å². The van der Waals surface area contributed by atoms with E-state index in [1.807, 2.05) is 83.6 Å². The quantitative estimate of drug-likeness (QED) is 0.202. The maximum atomic E-state index is 16.1. The Hall–Kier alpha value is -5.69. The molecular weight excluding hydrogens is 535 g/mol. The molecule has 7 rings (SSSR count). The second-order valence-electron chi connectivity index (χ2n) is 10.3. The number of nitrogens with one attached hydrogen (secondary N) is 1. The second kappa shape index (κ2) is 10.9. The van der Waals surface area contributed by atoms with Crippen LogP contribution in [0.1, 0.15) is 33.8 Å². The molecule has 3 aromatic heterocycles. The highest BCUT2D eigenvalue weighted by Crippen LogP contribution is 2.43. The van der Waals surface area contributed by atoms with Gasteiger partial charge in [-0.2, -0.15) is 10.2 Å². The number of aryl methyl sites for hydroxylation is 1. The van der Waals surface area contributed by atoms with E-state index in [4.69, 9.17) is 5.10 Å². The van der Waals surface area contributed by atoms with Crippen molar-refractivity contribution in [3.8, 4) is 11.4 Å². The van der Waals surface area contributed by atoms with Crippen LogP contribution in [-0.2, 0) is 5.54 Å². The van der Waals surface area contributed by atoms with Gasteiger partial charge in [0.2, 0.25) is 0 Å². The summed E-state index contributed by atoms with van der Waals surface area (Å²) in [6, 6.07) is 37.9. The molecule has 0 aliphatic carbocycles. The fourth-order valence-electron chi connectivity index (χ4n) is 5.73. The molecule has 7 heteroatoms. The summed E-state index contributed by atoms with van der Waals surface area (Å²) < 4.78 is 18.0. The molecule has 0 bridgehead atoms. The number of fused-ring (bicyclic) bond motifs is 1. The van der Waals surface area contributed by atoms with Gasteiger partial charge >= 0.3 is 0 Å². The van der Waals surface area contributed by atoms with Crippen LogP contribution < -0.4 is 0 Å². The van der Waals surface area contributed by atoms with Gasteiger partial charge in [-0.15, -0.1) is 0 Å². The Morgan fingerprint density at radius 2 is 1.40 bits per heavy atom. The van der Waals surface area contributed by atoms with Gasteiger partial charge in [0.1, 0.15) is 17.2 Å². The Labute approximate surface area is 248 Å². The molecule has 7 aromatic rings. The maximum Gasteiger partial charge on any atom is 0.184 e. The Bertz CT molecular complexity index is 1940. The average molecular weight is 563 g/mol. The van der Waals surface area contributed by atoms with Crippen molar-refractivity contribution in [3.05, 3.63) is 167 Å². The van der Waals surface area contributed by atoms with Crippen LogP contribution in [0.4, 0.5) is 4.39 Å². The zero-order valence-electron chi connectivity index (χ0n) is 23.4. The number of pyridine rings is 1. The monoisotopic (exact) mass is 562 g/mol. The number of halogens is 1. The summed E-state index contributed by atoms with van der Waals surface area (Å²) >= 11 is 0. The molecule has 208 valence electrons. The highest BCUT2D eigenvalue weighted by Gasteiger charge is 2.41. The Morgan fingerprint density at radius 3 is 1.93 bits per heavy atom.